The molecule has 5 rings (SSSR count). The molecule has 0 aliphatic heterocycles. The molecule has 4 aliphatic carbocycles. The van der Waals surface area contributed by atoms with Crippen LogP contribution in [0, 0.1) is 40.4 Å². The normalized spacial score (nSPS) is 40.2. The van der Waals surface area contributed by atoms with Gasteiger partial charge in [-0.25, -0.2) is 9.59 Å². The van der Waals surface area contributed by atoms with E-state index in [0.29, 0.717) is 23.8 Å². The Hall–Kier alpha value is -2.42. The lowest BCUT2D eigenvalue weighted by Gasteiger charge is -2.63. The second-order valence-corrected chi connectivity index (χ2v) is 13.3. The molecule has 0 spiro atoms. The number of ether oxygens (including phenoxy) is 4. The predicted octanol–water partition coefficient (Wildman–Crippen LogP) is 5.35. The van der Waals surface area contributed by atoms with Crippen molar-refractivity contribution in [2.75, 3.05) is 21.3 Å². The molecule has 0 radical (unpaired) electrons. The van der Waals surface area contributed by atoms with Crippen LogP contribution in [0.5, 0.6) is 0 Å². The van der Waals surface area contributed by atoms with Crippen LogP contribution in [0.15, 0.2) is 42.5 Å². The summed E-state index contributed by atoms with van der Waals surface area (Å²) in [5, 5.41) is 14.9. The van der Waals surface area contributed by atoms with Gasteiger partial charge in [-0.15, -0.1) is 0 Å². The van der Waals surface area contributed by atoms with E-state index in [1.54, 1.807) is 38.5 Å². The molecule has 3 saturated carbocycles. The minimum absolute atomic E-state index is 0.116. The number of hydrogen-bond acceptors (Lipinski definition) is 7. The van der Waals surface area contributed by atoms with Crippen molar-refractivity contribution in [2.45, 2.75) is 83.4 Å². The lowest BCUT2D eigenvalue weighted by molar-refractivity contribution is -0.218. The third-order valence-corrected chi connectivity index (χ3v) is 11.7. The van der Waals surface area contributed by atoms with Gasteiger partial charge in [0.05, 0.1) is 11.2 Å². The van der Waals surface area contributed by atoms with Crippen molar-refractivity contribution in [3.8, 4) is 0 Å². The number of hydrogen-bond donors (Lipinski definition) is 2. The Bertz CT molecular complexity index is 1140. The number of rotatable bonds is 7. The van der Waals surface area contributed by atoms with Gasteiger partial charge in [-0.2, -0.15) is 0 Å². The van der Waals surface area contributed by atoms with Crippen LogP contribution in [-0.2, 0) is 18.9 Å². The minimum atomic E-state index is -1.29. The van der Waals surface area contributed by atoms with Gasteiger partial charge in [0, 0.05) is 45.4 Å². The number of methoxy groups -OCH3 is 2. The summed E-state index contributed by atoms with van der Waals surface area (Å²) in [6.45, 7) is 6.75. The highest BCUT2D eigenvalue weighted by molar-refractivity contribution is 5.89. The number of alkyl carbamates (subject to hydrolysis) is 1. The number of nitrogens with one attached hydrogen (secondary N) is 1. The molecule has 1 amide bonds. The number of benzene rings is 1. The third kappa shape index (κ3) is 4.90. The smallest absolute Gasteiger partial charge is 0.407 e. The van der Waals surface area contributed by atoms with Crippen molar-refractivity contribution < 1.29 is 33.6 Å². The van der Waals surface area contributed by atoms with Gasteiger partial charge >= 0.3 is 12.1 Å². The Morgan fingerprint density at radius 3 is 2.39 bits per heavy atom. The highest BCUT2D eigenvalue weighted by atomic mass is 16.7. The maximum atomic E-state index is 12.9. The number of fused-ring (bicyclic) bond motifs is 5. The standard InChI is InChI=1S/C33H47NO7/c1-20(29(38-5)39-6)24-12-13-25-23-14-17-33(37)19-22(40-28(35)21-10-8-7-9-11-21)18-27(41-30(36)34-4)32(33,3)26(23)15-16-31(24,25)2/h7-11,14,17,20,22-27,29,37H,12-13,15-16,18-19H2,1-6H3,(H,34,36)/t20?,22?,23-,24+,25-,26-,27?,31+,32-,33?/m0/s1. The Kier molecular flexibility index (Phi) is 8.31. The zero-order valence-corrected chi connectivity index (χ0v) is 25.3. The summed E-state index contributed by atoms with van der Waals surface area (Å²) in [4.78, 5) is 25.6. The van der Waals surface area contributed by atoms with Gasteiger partial charge in [0.1, 0.15) is 12.2 Å². The fraction of sp³-hybridized carbons (Fsp3) is 0.697. The van der Waals surface area contributed by atoms with E-state index in [9.17, 15) is 14.7 Å². The maximum Gasteiger partial charge on any atom is 0.407 e. The topological polar surface area (TPSA) is 103 Å². The predicted molar refractivity (Wildman–Crippen MR) is 154 cm³/mol. The van der Waals surface area contributed by atoms with Gasteiger partial charge in [0.2, 0.25) is 0 Å². The lowest BCUT2D eigenvalue weighted by Crippen LogP contribution is -2.67. The highest BCUT2D eigenvalue weighted by Gasteiger charge is 2.67. The minimum Gasteiger partial charge on any atom is -0.459 e. The number of aliphatic hydroxyl groups is 1. The Morgan fingerprint density at radius 2 is 1.73 bits per heavy atom. The van der Waals surface area contributed by atoms with Crippen molar-refractivity contribution in [2.24, 2.45) is 40.4 Å². The second kappa shape index (κ2) is 11.3. The van der Waals surface area contributed by atoms with Gasteiger partial charge in [-0.3, -0.25) is 0 Å². The van der Waals surface area contributed by atoms with Crippen molar-refractivity contribution >= 4 is 12.1 Å². The van der Waals surface area contributed by atoms with E-state index in [4.69, 9.17) is 18.9 Å². The van der Waals surface area contributed by atoms with E-state index in [2.05, 4.69) is 32.2 Å². The molecule has 226 valence electrons. The van der Waals surface area contributed by atoms with Crippen molar-refractivity contribution in [3.63, 3.8) is 0 Å². The van der Waals surface area contributed by atoms with Crippen molar-refractivity contribution in [1.82, 2.24) is 5.32 Å². The fourth-order valence-electron chi connectivity index (χ4n) is 9.51. The van der Waals surface area contributed by atoms with E-state index in [0.717, 1.165) is 25.7 Å². The van der Waals surface area contributed by atoms with E-state index in [-0.39, 0.29) is 35.9 Å². The van der Waals surface area contributed by atoms with Crippen LogP contribution in [0.1, 0.15) is 69.7 Å². The van der Waals surface area contributed by atoms with Gasteiger partial charge in [-0.1, -0.05) is 51.1 Å². The average Bonchev–Trinajstić information content (AvgIpc) is 3.32. The molecule has 2 N–H and O–H groups in total. The van der Waals surface area contributed by atoms with E-state index < -0.39 is 35.3 Å². The second-order valence-electron chi connectivity index (χ2n) is 13.3. The highest BCUT2D eigenvalue weighted by Crippen LogP contribution is 2.68. The summed E-state index contributed by atoms with van der Waals surface area (Å²) in [6, 6.07) is 8.85. The molecule has 1 aromatic rings. The van der Waals surface area contributed by atoms with Gasteiger partial charge in [0.25, 0.3) is 0 Å². The molecule has 1 aromatic carbocycles. The molecule has 8 nitrogen and oxygen atoms in total. The molecule has 41 heavy (non-hydrogen) atoms. The van der Waals surface area contributed by atoms with Crippen LogP contribution < -0.4 is 5.32 Å². The molecule has 3 fully saturated rings. The SMILES string of the molecule is CNC(=O)OC1CC(OC(=O)c2ccccc2)CC2(O)C=C[C@H]3[C@@H]4CC[C@H](C(C)C(OC)OC)[C@@]4(C)CC[C@@H]3[C@@]12C. The summed E-state index contributed by atoms with van der Waals surface area (Å²) in [6.07, 6.45) is 6.91. The van der Waals surface area contributed by atoms with Gasteiger partial charge in [-0.05, 0) is 66.9 Å². The monoisotopic (exact) mass is 569 g/mol. The largest absolute Gasteiger partial charge is 0.459 e. The van der Waals surface area contributed by atoms with Crippen LogP contribution in [0.3, 0.4) is 0 Å². The third-order valence-electron chi connectivity index (χ3n) is 11.7. The summed E-state index contributed by atoms with van der Waals surface area (Å²) in [5.74, 6) is 1.09. The van der Waals surface area contributed by atoms with Gasteiger partial charge in [0.15, 0.2) is 6.29 Å². The van der Waals surface area contributed by atoms with Crippen molar-refractivity contribution in [1.29, 1.82) is 0 Å². The zero-order chi connectivity index (χ0) is 29.6. The molecule has 0 aromatic heterocycles. The Morgan fingerprint density at radius 1 is 1.02 bits per heavy atom. The molecule has 4 unspecified atom stereocenters. The van der Waals surface area contributed by atoms with Crippen LogP contribution in [0.2, 0.25) is 0 Å². The first-order valence-corrected chi connectivity index (χ1v) is 15.1. The number of carbonyl (C=O) groups excluding carboxylic acids is 2. The number of carbonyl (C=O) groups is 2. The van der Waals surface area contributed by atoms with E-state index in [1.165, 1.54) is 7.05 Å². The Labute approximate surface area is 244 Å². The molecule has 0 heterocycles. The van der Waals surface area contributed by atoms with E-state index in [1.807, 2.05) is 12.1 Å². The summed E-state index contributed by atoms with van der Waals surface area (Å²) >= 11 is 0. The first-order valence-electron chi connectivity index (χ1n) is 15.1. The van der Waals surface area contributed by atoms with Crippen molar-refractivity contribution in [3.05, 3.63) is 48.0 Å². The molecule has 4 aliphatic rings. The summed E-state index contributed by atoms with van der Waals surface area (Å²) in [5.41, 5.74) is -1.45. The van der Waals surface area contributed by atoms with E-state index >= 15 is 0 Å². The fourth-order valence-corrected chi connectivity index (χ4v) is 9.51. The van der Waals surface area contributed by atoms with Gasteiger partial charge < -0.3 is 29.4 Å². The quantitative estimate of drug-likeness (QED) is 0.259. The molecule has 0 saturated heterocycles. The zero-order valence-electron chi connectivity index (χ0n) is 25.3. The Balaban J connectivity index is 1.45. The molecule has 8 heteroatoms. The number of amides is 1. The number of esters is 1. The summed E-state index contributed by atoms with van der Waals surface area (Å²) < 4.78 is 23.3. The first-order chi connectivity index (χ1) is 19.5. The molecular formula is C33H47NO7. The molecule has 0 bridgehead atoms. The molecular weight excluding hydrogens is 522 g/mol. The first kappa shape index (κ1) is 30.1. The molecule has 10 atom stereocenters. The lowest BCUT2D eigenvalue weighted by atomic mass is 9.44. The van der Waals surface area contributed by atoms with Crippen LogP contribution in [0.25, 0.3) is 0 Å². The van der Waals surface area contributed by atoms with Crippen LogP contribution in [-0.4, -0.2) is 62.5 Å². The number of allylic oxidation sites excluding steroid dienone is 1. The van der Waals surface area contributed by atoms with Crippen LogP contribution in [0.4, 0.5) is 4.79 Å². The average molecular weight is 570 g/mol. The summed E-state index contributed by atoms with van der Waals surface area (Å²) in [7, 11) is 4.96. The maximum absolute atomic E-state index is 12.9. The van der Waals surface area contributed by atoms with Crippen LogP contribution >= 0.6 is 0 Å².